The molecule has 1 rings (SSSR count). The van der Waals surface area contributed by atoms with Crippen LogP contribution in [0.2, 0.25) is 0 Å². The lowest BCUT2D eigenvalue weighted by Crippen LogP contribution is -2.04. The van der Waals surface area contributed by atoms with E-state index in [0.717, 1.165) is 5.75 Å². The minimum atomic E-state index is 0.344. The molecule has 0 saturated carbocycles. The van der Waals surface area contributed by atoms with E-state index < -0.39 is 0 Å². The van der Waals surface area contributed by atoms with Gasteiger partial charge in [-0.1, -0.05) is 60.1 Å². The molecule has 0 radical (unpaired) electrons. The summed E-state index contributed by atoms with van der Waals surface area (Å²) in [5.41, 5.74) is 5.73. The first-order valence-electron chi connectivity index (χ1n) is 5.67. The fourth-order valence-electron chi connectivity index (χ4n) is 1.70. The molecule has 0 nitrogen and oxygen atoms in total. The van der Waals surface area contributed by atoms with Crippen LogP contribution in [0.25, 0.3) is 0 Å². The summed E-state index contributed by atoms with van der Waals surface area (Å²) in [6.45, 7) is 13.4. The predicted octanol–water partition coefficient (Wildman–Crippen LogP) is 5.29. The third kappa shape index (κ3) is 4.42. The number of rotatable bonds is 3. The highest BCUT2D eigenvalue weighted by atomic mass is 33.1. The van der Waals surface area contributed by atoms with Crippen molar-refractivity contribution in [3.05, 3.63) is 34.4 Å². The largest absolute Gasteiger partial charge is 0.0888 e. The third-order valence-electron chi connectivity index (χ3n) is 2.35. The normalized spacial score (nSPS) is 11.9. The van der Waals surface area contributed by atoms with E-state index in [1.807, 2.05) is 21.6 Å². The van der Waals surface area contributed by atoms with Gasteiger partial charge in [0.2, 0.25) is 0 Å². The monoisotopic (exact) mass is 254 g/mol. The van der Waals surface area contributed by atoms with Crippen LogP contribution in [0, 0.1) is 20.8 Å². The van der Waals surface area contributed by atoms with Crippen molar-refractivity contribution < 1.29 is 0 Å². The van der Waals surface area contributed by atoms with Crippen LogP contribution >= 0.6 is 21.6 Å². The fraction of sp³-hybridized carbons (Fsp3) is 0.571. The maximum Gasteiger partial charge on any atom is 0.0294 e. The fourth-order valence-corrected chi connectivity index (χ4v) is 4.28. The summed E-state index contributed by atoms with van der Waals surface area (Å²) in [7, 11) is 3.93. The topological polar surface area (TPSA) is 0 Å². The zero-order valence-corrected chi connectivity index (χ0v) is 12.8. The van der Waals surface area contributed by atoms with Gasteiger partial charge in [-0.3, -0.25) is 0 Å². The minimum Gasteiger partial charge on any atom is -0.0888 e. The van der Waals surface area contributed by atoms with Gasteiger partial charge in [0.15, 0.2) is 0 Å². The molecule has 0 unspecified atom stereocenters. The smallest absolute Gasteiger partial charge is 0.0294 e. The molecular weight excluding hydrogens is 232 g/mol. The third-order valence-corrected chi connectivity index (χ3v) is 5.58. The molecule has 2 heteroatoms. The first kappa shape index (κ1) is 14.0. The van der Waals surface area contributed by atoms with Crippen molar-refractivity contribution >= 4 is 21.6 Å². The zero-order valence-electron chi connectivity index (χ0n) is 11.2. The second-order valence-corrected chi connectivity index (χ2v) is 8.46. The standard InChI is InChI=1S/C14H22S2/c1-10-7-11(2)13(12(3)8-10)9-15-16-14(4,5)6/h7-8H,9H2,1-6H3. The Labute approximate surface area is 108 Å². The summed E-state index contributed by atoms with van der Waals surface area (Å²) < 4.78 is 0.344. The van der Waals surface area contributed by atoms with Gasteiger partial charge in [0.25, 0.3) is 0 Å². The maximum absolute atomic E-state index is 2.28. The van der Waals surface area contributed by atoms with E-state index in [-0.39, 0.29) is 0 Å². The highest BCUT2D eigenvalue weighted by molar-refractivity contribution is 8.76. The molecule has 16 heavy (non-hydrogen) atoms. The highest BCUT2D eigenvalue weighted by Crippen LogP contribution is 2.38. The maximum atomic E-state index is 2.28. The van der Waals surface area contributed by atoms with Crippen LogP contribution in [-0.4, -0.2) is 4.75 Å². The van der Waals surface area contributed by atoms with E-state index in [0.29, 0.717) is 4.75 Å². The van der Waals surface area contributed by atoms with Gasteiger partial charge in [0.1, 0.15) is 0 Å². The molecular formula is C14H22S2. The average Bonchev–Trinajstić information content (AvgIpc) is 2.07. The molecule has 1 aromatic rings. The molecule has 90 valence electrons. The number of benzene rings is 1. The van der Waals surface area contributed by atoms with Crippen molar-refractivity contribution in [3.8, 4) is 0 Å². The summed E-state index contributed by atoms with van der Waals surface area (Å²) in [5.74, 6) is 1.11. The Morgan fingerprint density at radius 1 is 1.00 bits per heavy atom. The molecule has 0 bridgehead atoms. The molecule has 0 aliphatic rings. The molecule has 0 atom stereocenters. The van der Waals surface area contributed by atoms with Crippen LogP contribution in [0.3, 0.4) is 0 Å². The van der Waals surface area contributed by atoms with Gasteiger partial charge >= 0.3 is 0 Å². The molecule has 0 amide bonds. The zero-order chi connectivity index (χ0) is 12.3. The van der Waals surface area contributed by atoms with Gasteiger partial charge in [0, 0.05) is 10.5 Å². The lowest BCUT2D eigenvalue weighted by molar-refractivity contribution is 0.810. The van der Waals surface area contributed by atoms with Crippen LogP contribution in [0.1, 0.15) is 43.0 Å². The number of hydrogen-bond donors (Lipinski definition) is 0. The van der Waals surface area contributed by atoms with Crippen molar-refractivity contribution in [1.29, 1.82) is 0 Å². The van der Waals surface area contributed by atoms with Crippen molar-refractivity contribution in [1.82, 2.24) is 0 Å². The molecule has 0 aromatic heterocycles. The Balaban J connectivity index is 2.68. The Morgan fingerprint density at radius 2 is 1.50 bits per heavy atom. The predicted molar refractivity (Wildman–Crippen MR) is 79.3 cm³/mol. The van der Waals surface area contributed by atoms with Crippen molar-refractivity contribution in [2.75, 3.05) is 0 Å². The summed E-state index contributed by atoms with van der Waals surface area (Å²) >= 11 is 0. The van der Waals surface area contributed by atoms with Gasteiger partial charge in [-0.2, -0.15) is 0 Å². The molecule has 0 N–H and O–H groups in total. The lowest BCUT2D eigenvalue weighted by atomic mass is 10.0. The molecule has 0 heterocycles. The molecule has 0 aliphatic heterocycles. The molecule has 0 saturated heterocycles. The second-order valence-electron chi connectivity index (χ2n) is 5.34. The van der Waals surface area contributed by atoms with Crippen molar-refractivity contribution in [2.24, 2.45) is 0 Å². The van der Waals surface area contributed by atoms with Crippen LogP contribution in [0.4, 0.5) is 0 Å². The van der Waals surface area contributed by atoms with Gasteiger partial charge in [-0.25, -0.2) is 0 Å². The van der Waals surface area contributed by atoms with E-state index in [2.05, 4.69) is 53.7 Å². The first-order chi connectivity index (χ1) is 7.29. The number of hydrogen-bond acceptors (Lipinski definition) is 2. The van der Waals surface area contributed by atoms with Gasteiger partial charge in [-0.15, -0.1) is 0 Å². The lowest BCUT2D eigenvalue weighted by Gasteiger charge is -2.17. The quantitative estimate of drug-likeness (QED) is 0.672. The summed E-state index contributed by atoms with van der Waals surface area (Å²) in [4.78, 5) is 0. The van der Waals surface area contributed by atoms with Crippen LogP contribution in [0.15, 0.2) is 12.1 Å². The van der Waals surface area contributed by atoms with Crippen molar-refractivity contribution in [2.45, 2.75) is 52.0 Å². The van der Waals surface area contributed by atoms with E-state index in [9.17, 15) is 0 Å². The Hall–Kier alpha value is -0.0800. The molecule has 0 fully saturated rings. The van der Waals surface area contributed by atoms with E-state index in [4.69, 9.17) is 0 Å². The highest BCUT2D eigenvalue weighted by Gasteiger charge is 2.12. The van der Waals surface area contributed by atoms with Gasteiger partial charge in [-0.05, 0) is 37.5 Å². The van der Waals surface area contributed by atoms with E-state index >= 15 is 0 Å². The molecule has 0 spiro atoms. The number of aryl methyl sites for hydroxylation is 3. The van der Waals surface area contributed by atoms with Crippen LogP contribution in [-0.2, 0) is 5.75 Å². The molecule has 0 aliphatic carbocycles. The van der Waals surface area contributed by atoms with Gasteiger partial charge < -0.3 is 0 Å². The summed E-state index contributed by atoms with van der Waals surface area (Å²) in [6.07, 6.45) is 0. The minimum absolute atomic E-state index is 0.344. The Kier molecular flexibility index (Phi) is 4.81. The first-order valence-corrected chi connectivity index (χ1v) is 7.99. The Bertz CT molecular complexity index is 338. The summed E-state index contributed by atoms with van der Waals surface area (Å²) in [5, 5.41) is 0. The molecule has 1 aromatic carbocycles. The SMILES string of the molecule is Cc1cc(C)c(CSSC(C)(C)C)c(C)c1. The summed E-state index contributed by atoms with van der Waals surface area (Å²) in [6, 6.07) is 4.56. The average molecular weight is 254 g/mol. The second kappa shape index (κ2) is 5.50. The Morgan fingerprint density at radius 3 is 1.94 bits per heavy atom. The van der Waals surface area contributed by atoms with E-state index in [1.165, 1.54) is 22.3 Å². The van der Waals surface area contributed by atoms with Crippen LogP contribution in [0.5, 0.6) is 0 Å². The van der Waals surface area contributed by atoms with Crippen LogP contribution < -0.4 is 0 Å². The van der Waals surface area contributed by atoms with E-state index in [1.54, 1.807) is 0 Å². The van der Waals surface area contributed by atoms with Crippen molar-refractivity contribution in [3.63, 3.8) is 0 Å². The van der Waals surface area contributed by atoms with Gasteiger partial charge in [0.05, 0.1) is 0 Å².